The first-order valence-corrected chi connectivity index (χ1v) is 12.9. The Morgan fingerprint density at radius 1 is 1.17 bits per heavy atom. The molecule has 2 atom stereocenters. The number of nitrogens with one attached hydrogen (secondary N) is 1. The normalized spacial score (nSPS) is 18.7. The fourth-order valence-corrected chi connectivity index (χ4v) is 5.13. The van der Waals surface area contributed by atoms with Crippen LogP contribution in [0.5, 0.6) is 0 Å². The molecule has 3 aromatic rings. The van der Waals surface area contributed by atoms with E-state index >= 15 is 0 Å². The number of imidazole rings is 1. The van der Waals surface area contributed by atoms with E-state index in [0.29, 0.717) is 37.0 Å². The van der Waals surface area contributed by atoms with Gasteiger partial charge in [-0.15, -0.1) is 11.8 Å². The highest BCUT2D eigenvalue weighted by molar-refractivity contribution is 7.99. The number of alkyl halides is 3. The molecule has 1 aliphatic heterocycles. The second kappa shape index (κ2) is 11.0. The molecule has 188 valence electrons. The van der Waals surface area contributed by atoms with Crippen LogP contribution in [0, 0.1) is 5.92 Å². The molecule has 35 heavy (non-hydrogen) atoms. The third kappa shape index (κ3) is 6.19. The molecule has 0 saturated carbocycles. The summed E-state index contributed by atoms with van der Waals surface area (Å²) >= 11 is 1.77. The number of aromatic nitrogens is 2. The molecule has 1 amide bonds. The van der Waals surface area contributed by atoms with E-state index in [4.69, 9.17) is 9.72 Å². The summed E-state index contributed by atoms with van der Waals surface area (Å²) in [6, 6.07) is 13.6. The van der Waals surface area contributed by atoms with E-state index in [-0.39, 0.29) is 24.9 Å². The zero-order valence-electron chi connectivity index (χ0n) is 19.9. The number of carbonyl (C=O) groups excluding carboxylic acids is 1. The van der Waals surface area contributed by atoms with Gasteiger partial charge in [0.15, 0.2) is 6.10 Å². The lowest BCUT2D eigenvalue weighted by Crippen LogP contribution is -2.38. The summed E-state index contributed by atoms with van der Waals surface area (Å²) in [6.07, 6.45) is -5.01. The number of halogens is 3. The van der Waals surface area contributed by atoms with E-state index < -0.39 is 12.3 Å². The number of hydrogen-bond acceptors (Lipinski definition) is 4. The molecule has 2 aromatic carbocycles. The SMILES string of the molecule is CCSc1ccc(CNC(=O)c2ccc3c(c2)nc(C[C@H]2CCC(C(F)(F)F)OC2)n3CC)cc1. The smallest absolute Gasteiger partial charge is 0.368 e. The van der Waals surface area contributed by atoms with Crippen molar-refractivity contribution in [2.75, 3.05) is 12.4 Å². The minimum Gasteiger partial charge on any atom is -0.368 e. The molecule has 1 aliphatic rings. The molecule has 0 bridgehead atoms. The summed E-state index contributed by atoms with van der Waals surface area (Å²) in [6.45, 7) is 5.31. The van der Waals surface area contributed by atoms with Crippen molar-refractivity contribution in [3.05, 3.63) is 59.4 Å². The highest BCUT2D eigenvalue weighted by Crippen LogP contribution is 2.33. The van der Waals surface area contributed by atoms with Crippen molar-refractivity contribution in [2.24, 2.45) is 5.92 Å². The van der Waals surface area contributed by atoms with Gasteiger partial charge in [0.2, 0.25) is 0 Å². The van der Waals surface area contributed by atoms with Gasteiger partial charge in [-0.3, -0.25) is 4.79 Å². The predicted molar refractivity (Wildman–Crippen MR) is 132 cm³/mol. The Balaban J connectivity index is 1.42. The van der Waals surface area contributed by atoms with E-state index in [1.165, 1.54) is 4.90 Å². The van der Waals surface area contributed by atoms with Crippen molar-refractivity contribution >= 4 is 28.7 Å². The topological polar surface area (TPSA) is 56.1 Å². The molecular weight excluding hydrogens is 475 g/mol. The molecule has 9 heteroatoms. The summed E-state index contributed by atoms with van der Waals surface area (Å²) in [5, 5.41) is 2.96. The fraction of sp³-hybridized carbons (Fsp3) is 0.462. The van der Waals surface area contributed by atoms with Gasteiger partial charge in [0.1, 0.15) is 5.82 Å². The largest absolute Gasteiger partial charge is 0.414 e. The molecule has 0 spiro atoms. The van der Waals surface area contributed by atoms with Crippen molar-refractivity contribution in [2.45, 2.75) is 63.4 Å². The summed E-state index contributed by atoms with van der Waals surface area (Å²) in [5.74, 6) is 1.64. The van der Waals surface area contributed by atoms with Crippen LogP contribution in [-0.2, 0) is 24.2 Å². The highest BCUT2D eigenvalue weighted by Gasteiger charge is 2.43. The zero-order valence-corrected chi connectivity index (χ0v) is 20.7. The van der Waals surface area contributed by atoms with Gasteiger partial charge in [0, 0.05) is 30.0 Å². The van der Waals surface area contributed by atoms with Crippen LogP contribution in [0.4, 0.5) is 13.2 Å². The third-order valence-corrected chi connectivity index (χ3v) is 7.19. The molecule has 1 fully saturated rings. The average Bonchev–Trinajstić information content (AvgIpc) is 3.19. The number of carbonyl (C=O) groups is 1. The predicted octanol–water partition coefficient (Wildman–Crippen LogP) is 6.00. The summed E-state index contributed by atoms with van der Waals surface area (Å²) in [4.78, 5) is 18.7. The van der Waals surface area contributed by atoms with Crippen LogP contribution in [0.2, 0.25) is 0 Å². The Morgan fingerprint density at radius 2 is 1.94 bits per heavy atom. The van der Waals surface area contributed by atoms with Crippen LogP contribution in [-0.4, -0.2) is 40.1 Å². The van der Waals surface area contributed by atoms with Gasteiger partial charge in [-0.2, -0.15) is 13.2 Å². The lowest BCUT2D eigenvalue weighted by atomic mass is 9.95. The van der Waals surface area contributed by atoms with E-state index in [0.717, 1.165) is 22.7 Å². The van der Waals surface area contributed by atoms with E-state index in [9.17, 15) is 18.0 Å². The number of fused-ring (bicyclic) bond motifs is 1. The van der Waals surface area contributed by atoms with Gasteiger partial charge in [-0.1, -0.05) is 19.1 Å². The van der Waals surface area contributed by atoms with Crippen molar-refractivity contribution < 1.29 is 22.7 Å². The summed E-state index contributed by atoms with van der Waals surface area (Å²) in [7, 11) is 0. The van der Waals surface area contributed by atoms with Gasteiger partial charge in [-0.05, 0) is 67.3 Å². The van der Waals surface area contributed by atoms with Gasteiger partial charge in [0.25, 0.3) is 5.91 Å². The number of hydrogen-bond donors (Lipinski definition) is 1. The van der Waals surface area contributed by atoms with Crippen LogP contribution in [0.15, 0.2) is 47.4 Å². The van der Waals surface area contributed by atoms with E-state index in [1.807, 2.05) is 25.1 Å². The monoisotopic (exact) mass is 505 g/mol. The molecule has 2 heterocycles. The van der Waals surface area contributed by atoms with Gasteiger partial charge in [-0.25, -0.2) is 4.98 Å². The van der Waals surface area contributed by atoms with Gasteiger partial charge < -0.3 is 14.6 Å². The minimum atomic E-state index is -4.31. The fourth-order valence-electron chi connectivity index (χ4n) is 4.47. The molecule has 1 aromatic heterocycles. The molecular formula is C26H30F3N3O2S. The Kier molecular flexibility index (Phi) is 8.06. The molecule has 0 radical (unpaired) electrons. The van der Waals surface area contributed by atoms with Crippen LogP contribution in [0.3, 0.4) is 0 Å². The molecule has 5 nitrogen and oxygen atoms in total. The number of benzene rings is 2. The Morgan fingerprint density at radius 3 is 2.57 bits per heavy atom. The maximum atomic E-state index is 12.9. The number of aryl methyl sites for hydroxylation is 1. The number of amides is 1. The Hall–Kier alpha value is -2.52. The van der Waals surface area contributed by atoms with Crippen molar-refractivity contribution in [1.29, 1.82) is 0 Å². The minimum absolute atomic E-state index is 0.0133. The summed E-state index contributed by atoms with van der Waals surface area (Å²) < 4.78 is 45.8. The molecule has 1 saturated heterocycles. The first kappa shape index (κ1) is 25.6. The molecule has 0 aliphatic carbocycles. The number of ether oxygens (including phenoxy) is 1. The van der Waals surface area contributed by atoms with Gasteiger partial charge in [0.05, 0.1) is 17.6 Å². The van der Waals surface area contributed by atoms with E-state index in [2.05, 4.69) is 28.9 Å². The maximum Gasteiger partial charge on any atom is 0.414 e. The molecule has 4 rings (SSSR count). The van der Waals surface area contributed by atoms with E-state index in [1.54, 1.807) is 23.9 Å². The lowest BCUT2D eigenvalue weighted by Gasteiger charge is -2.30. The Labute approximate surface area is 207 Å². The highest BCUT2D eigenvalue weighted by atomic mass is 32.2. The second-order valence-electron chi connectivity index (χ2n) is 8.75. The second-order valence-corrected chi connectivity index (χ2v) is 10.1. The summed E-state index contributed by atoms with van der Waals surface area (Å²) in [5.41, 5.74) is 3.17. The van der Waals surface area contributed by atoms with Gasteiger partial charge >= 0.3 is 6.18 Å². The maximum absolute atomic E-state index is 12.9. The first-order chi connectivity index (χ1) is 16.8. The molecule has 1 N–H and O–H groups in total. The lowest BCUT2D eigenvalue weighted by molar-refractivity contribution is -0.235. The number of thioether (sulfide) groups is 1. The average molecular weight is 506 g/mol. The van der Waals surface area contributed by atoms with Crippen LogP contribution in [0.1, 0.15) is 48.4 Å². The number of rotatable bonds is 8. The van der Waals surface area contributed by atoms with Crippen LogP contribution < -0.4 is 5.32 Å². The Bertz CT molecular complexity index is 1150. The van der Waals surface area contributed by atoms with Crippen molar-refractivity contribution in [3.8, 4) is 0 Å². The van der Waals surface area contributed by atoms with Crippen molar-refractivity contribution in [3.63, 3.8) is 0 Å². The zero-order chi connectivity index (χ0) is 25.0. The standard InChI is InChI=1S/C26H30F3N3O2S/c1-3-32-22-11-8-19(25(33)30-15-17-5-9-20(10-6-17)35-4-2)14-21(22)31-24(32)13-18-7-12-23(34-16-18)26(27,28)29/h5-6,8-11,14,18,23H,3-4,7,12-13,15-16H2,1-2H3,(H,30,33)/t18-,23?/m1/s1. The third-order valence-electron chi connectivity index (χ3n) is 6.30. The van der Waals surface area contributed by atoms with Crippen LogP contribution >= 0.6 is 11.8 Å². The van der Waals surface area contributed by atoms with Crippen molar-refractivity contribution in [1.82, 2.24) is 14.9 Å². The van der Waals surface area contributed by atoms with Crippen LogP contribution in [0.25, 0.3) is 11.0 Å². The number of nitrogens with zero attached hydrogens (tertiary/aromatic N) is 2. The quantitative estimate of drug-likeness (QED) is 0.382. The first-order valence-electron chi connectivity index (χ1n) is 12.0. The molecule has 1 unspecified atom stereocenters.